The van der Waals surface area contributed by atoms with Crippen molar-refractivity contribution in [3.63, 3.8) is 0 Å². The highest BCUT2D eigenvalue weighted by Crippen LogP contribution is 2.35. The highest BCUT2D eigenvalue weighted by molar-refractivity contribution is 7.17. The summed E-state index contributed by atoms with van der Waals surface area (Å²) in [5, 5.41) is 16.1. The largest absolute Gasteiger partial charge is 0.391 e. The summed E-state index contributed by atoms with van der Waals surface area (Å²) < 4.78 is 0. The molecule has 2 aromatic rings. The first-order valence-electron chi connectivity index (χ1n) is 11.7. The Balaban J connectivity index is 2.00. The van der Waals surface area contributed by atoms with Crippen LogP contribution in [0.1, 0.15) is 79.7 Å². The van der Waals surface area contributed by atoms with E-state index in [0.717, 1.165) is 36.2 Å². The van der Waals surface area contributed by atoms with E-state index in [1.807, 2.05) is 24.8 Å². The van der Waals surface area contributed by atoms with Gasteiger partial charge in [-0.3, -0.25) is 9.59 Å². The van der Waals surface area contributed by atoms with Crippen LogP contribution in [0, 0.1) is 6.92 Å². The van der Waals surface area contributed by atoms with E-state index in [1.165, 1.54) is 11.3 Å². The first-order valence-corrected chi connectivity index (χ1v) is 12.5. The second-order valence-electron chi connectivity index (χ2n) is 9.03. The number of carbonyl (C=O) groups excluding carboxylic acids is 2. The van der Waals surface area contributed by atoms with Gasteiger partial charge in [-0.1, -0.05) is 6.92 Å². The number of aryl methyl sites for hydroxylation is 1. The average molecular weight is 474 g/mol. The predicted octanol–water partition coefficient (Wildman–Crippen LogP) is 3.85. The molecule has 1 saturated heterocycles. The molecule has 33 heavy (non-hydrogen) atoms. The van der Waals surface area contributed by atoms with Crippen LogP contribution in [0.4, 0.5) is 5.82 Å². The lowest BCUT2D eigenvalue weighted by molar-refractivity contribution is 0.0743. The number of thiazole rings is 1. The maximum Gasteiger partial charge on any atom is 0.280 e. The molecule has 1 aliphatic rings. The molecule has 0 aromatic carbocycles. The van der Waals surface area contributed by atoms with Gasteiger partial charge < -0.3 is 20.6 Å². The molecule has 0 radical (unpaired) electrons. The van der Waals surface area contributed by atoms with Crippen molar-refractivity contribution >= 4 is 29.0 Å². The molecular weight excluding hydrogens is 438 g/mol. The van der Waals surface area contributed by atoms with Crippen molar-refractivity contribution in [2.75, 3.05) is 11.9 Å². The van der Waals surface area contributed by atoms with Crippen LogP contribution in [0.2, 0.25) is 0 Å². The minimum atomic E-state index is -0.697. The molecule has 180 valence electrons. The summed E-state index contributed by atoms with van der Waals surface area (Å²) in [5.74, 6) is 0.221. The molecule has 0 spiro atoms. The average Bonchev–Trinajstić information content (AvgIpc) is 3.39. The number of hydrogen-bond acceptors (Lipinski definition) is 7. The number of likely N-dealkylation sites (tertiary alicyclic amines) is 1. The Morgan fingerprint density at radius 2 is 2.06 bits per heavy atom. The summed E-state index contributed by atoms with van der Waals surface area (Å²) in [7, 11) is 0. The molecule has 0 aliphatic carbocycles. The van der Waals surface area contributed by atoms with Gasteiger partial charge in [-0.25, -0.2) is 9.97 Å². The number of hydrogen-bond donors (Lipinski definition) is 3. The van der Waals surface area contributed by atoms with Crippen molar-refractivity contribution < 1.29 is 14.7 Å². The van der Waals surface area contributed by atoms with Crippen molar-refractivity contribution in [3.05, 3.63) is 28.5 Å². The molecule has 2 amide bonds. The molecule has 8 nitrogen and oxygen atoms in total. The van der Waals surface area contributed by atoms with Crippen molar-refractivity contribution in [3.8, 4) is 10.4 Å². The van der Waals surface area contributed by atoms with Gasteiger partial charge in [0.1, 0.15) is 11.5 Å². The van der Waals surface area contributed by atoms with Crippen LogP contribution in [0.25, 0.3) is 10.4 Å². The number of nitrogens with one attached hydrogen (secondary N) is 2. The Hall–Kier alpha value is -2.52. The summed E-state index contributed by atoms with van der Waals surface area (Å²) in [6.45, 7) is 12.3. The van der Waals surface area contributed by atoms with Crippen LogP contribution in [0.5, 0.6) is 0 Å². The van der Waals surface area contributed by atoms with E-state index in [0.29, 0.717) is 17.5 Å². The SMILES string of the molecule is CC[C@@H](C)Nc1cc(C)c(-c2sc(C(=O)N[C@H](C)[C@@H](C)O)nc2C(=O)N2CCC[C@@H]2C)cn1. The number of carbonyl (C=O) groups is 2. The van der Waals surface area contributed by atoms with Crippen molar-refractivity contribution in [2.45, 2.75) is 85.0 Å². The quantitative estimate of drug-likeness (QED) is 0.538. The minimum Gasteiger partial charge on any atom is -0.391 e. The van der Waals surface area contributed by atoms with Gasteiger partial charge in [0.2, 0.25) is 0 Å². The maximum absolute atomic E-state index is 13.4. The Bertz CT molecular complexity index is 1010. The maximum atomic E-state index is 13.4. The molecule has 3 heterocycles. The molecule has 1 fully saturated rings. The fraction of sp³-hybridized carbons (Fsp3) is 0.583. The van der Waals surface area contributed by atoms with Gasteiger partial charge in [0.15, 0.2) is 5.01 Å². The summed E-state index contributed by atoms with van der Waals surface area (Å²) in [6, 6.07) is 1.97. The molecule has 0 bridgehead atoms. The minimum absolute atomic E-state index is 0.140. The van der Waals surface area contributed by atoms with Crippen molar-refractivity contribution in [2.24, 2.45) is 0 Å². The number of nitrogens with zero attached hydrogens (tertiary/aromatic N) is 3. The topological polar surface area (TPSA) is 107 Å². The Labute approximate surface area is 199 Å². The van der Waals surface area contributed by atoms with E-state index >= 15 is 0 Å². The molecule has 0 saturated carbocycles. The molecule has 1 aliphatic heterocycles. The zero-order chi connectivity index (χ0) is 24.3. The Morgan fingerprint density at radius 3 is 2.64 bits per heavy atom. The first kappa shape index (κ1) is 25.1. The first-order chi connectivity index (χ1) is 15.6. The highest BCUT2D eigenvalue weighted by Gasteiger charge is 2.32. The number of aliphatic hydroxyl groups is 1. The third kappa shape index (κ3) is 5.70. The van der Waals surface area contributed by atoms with E-state index in [2.05, 4.69) is 34.4 Å². The number of pyridine rings is 1. The summed E-state index contributed by atoms with van der Waals surface area (Å²) in [4.78, 5) is 37.8. The van der Waals surface area contributed by atoms with Crippen molar-refractivity contribution in [1.82, 2.24) is 20.2 Å². The number of anilines is 1. The van der Waals surface area contributed by atoms with Gasteiger partial charge in [0.05, 0.1) is 17.0 Å². The van der Waals surface area contributed by atoms with Crippen molar-refractivity contribution in [1.29, 1.82) is 0 Å². The fourth-order valence-corrected chi connectivity index (χ4v) is 4.77. The van der Waals surface area contributed by atoms with Crippen LogP contribution in [0.3, 0.4) is 0 Å². The molecular formula is C24H35N5O3S. The van der Waals surface area contributed by atoms with Gasteiger partial charge in [0.25, 0.3) is 11.8 Å². The molecule has 3 N–H and O–H groups in total. The predicted molar refractivity (Wildman–Crippen MR) is 132 cm³/mol. The lowest BCUT2D eigenvalue weighted by atomic mass is 10.1. The van der Waals surface area contributed by atoms with Gasteiger partial charge in [0, 0.05) is 30.4 Å². The Kier molecular flexibility index (Phi) is 8.07. The second-order valence-corrected chi connectivity index (χ2v) is 10.0. The fourth-order valence-electron chi connectivity index (χ4n) is 3.73. The zero-order valence-corrected chi connectivity index (χ0v) is 21.1. The van der Waals surface area contributed by atoms with E-state index in [4.69, 9.17) is 0 Å². The number of amides is 2. The lowest BCUT2D eigenvalue weighted by Crippen LogP contribution is -2.39. The second kappa shape index (κ2) is 10.6. The summed E-state index contributed by atoms with van der Waals surface area (Å²) in [6.07, 6.45) is 3.95. The van der Waals surface area contributed by atoms with Crippen LogP contribution in [-0.4, -0.2) is 62.6 Å². The standard InChI is InChI=1S/C24H35N5O3S/c1-7-14(3)26-19-11-13(2)18(12-25-19)21-20(24(32)29-10-8-9-15(29)4)28-23(33-21)22(31)27-16(5)17(6)30/h11-12,14-17,30H,7-10H2,1-6H3,(H,25,26)(H,27,31)/t14-,15+,16-,17-/m1/s1. The van der Waals surface area contributed by atoms with Crippen LogP contribution in [-0.2, 0) is 0 Å². The normalized spacial score (nSPS) is 18.6. The van der Waals surface area contributed by atoms with E-state index in [-0.39, 0.29) is 22.7 Å². The van der Waals surface area contributed by atoms with Gasteiger partial charge in [-0.2, -0.15) is 0 Å². The highest BCUT2D eigenvalue weighted by atomic mass is 32.1. The monoisotopic (exact) mass is 473 g/mol. The third-order valence-corrected chi connectivity index (χ3v) is 7.37. The number of aromatic nitrogens is 2. The van der Waals surface area contributed by atoms with Crippen LogP contribution in [0.15, 0.2) is 12.3 Å². The molecule has 2 aromatic heterocycles. The van der Waals surface area contributed by atoms with E-state index < -0.39 is 18.1 Å². The lowest BCUT2D eigenvalue weighted by Gasteiger charge is -2.21. The van der Waals surface area contributed by atoms with Gasteiger partial charge in [-0.05, 0) is 65.5 Å². The number of aliphatic hydroxyl groups excluding tert-OH is 1. The Morgan fingerprint density at radius 1 is 1.33 bits per heavy atom. The smallest absolute Gasteiger partial charge is 0.280 e. The zero-order valence-electron chi connectivity index (χ0n) is 20.3. The van der Waals surface area contributed by atoms with Crippen LogP contribution >= 0.6 is 11.3 Å². The molecule has 4 atom stereocenters. The molecule has 9 heteroatoms. The van der Waals surface area contributed by atoms with E-state index in [9.17, 15) is 14.7 Å². The van der Waals surface area contributed by atoms with Gasteiger partial charge in [-0.15, -0.1) is 11.3 Å². The van der Waals surface area contributed by atoms with Gasteiger partial charge >= 0.3 is 0 Å². The van der Waals surface area contributed by atoms with E-state index in [1.54, 1.807) is 20.0 Å². The summed E-state index contributed by atoms with van der Waals surface area (Å²) in [5.41, 5.74) is 2.03. The number of rotatable bonds is 8. The van der Waals surface area contributed by atoms with Crippen LogP contribution < -0.4 is 10.6 Å². The molecule has 3 rings (SSSR count). The molecule has 0 unspecified atom stereocenters. The third-order valence-electron chi connectivity index (χ3n) is 6.28. The summed E-state index contributed by atoms with van der Waals surface area (Å²) >= 11 is 1.19.